The molecule has 0 unspecified atom stereocenters. The standard InChI is InChI=1S/C12H13BrN2O2/c1-12(2,11(16)17)5-8-3-7-4-10(13)15-9(7)6-14-8/h3-4,6,15H,5H2,1-2H3,(H,16,17). The van der Waals surface area contributed by atoms with Crippen LogP contribution in [0.4, 0.5) is 0 Å². The number of pyridine rings is 1. The number of fused-ring (bicyclic) bond motifs is 1. The first-order valence-electron chi connectivity index (χ1n) is 5.25. The molecule has 5 heteroatoms. The van der Waals surface area contributed by atoms with Gasteiger partial charge in [-0.25, -0.2) is 0 Å². The molecular formula is C12H13BrN2O2. The Morgan fingerprint density at radius 3 is 2.88 bits per heavy atom. The Bertz CT molecular complexity index is 575. The summed E-state index contributed by atoms with van der Waals surface area (Å²) in [7, 11) is 0. The Hall–Kier alpha value is -1.36. The number of carboxylic acids is 1. The van der Waals surface area contributed by atoms with Gasteiger partial charge in [0.15, 0.2) is 0 Å². The fraction of sp³-hybridized carbons (Fsp3) is 0.333. The van der Waals surface area contributed by atoms with Gasteiger partial charge in [0.1, 0.15) is 0 Å². The third kappa shape index (κ3) is 2.49. The van der Waals surface area contributed by atoms with Crippen molar-refractivity contribution in [1.82, 2.24) is 9.97 Å². The van der Waals surface area contributed by atoms with Gasteiger partial charge in [0, 0.05) is 17.5 Å². The third-order valence-corrected chi connectivity index (χ3v) is 3.16. The second-order valence-corrected chi connectivity index (χ2v) is 5.60. The van der Waals surface area contributed by atoms with E-state index >= 15 is 0 Å². The number of aliphatic carboxylic acids is 1. The molecule has 0 saturated carbocycles. The molecule has 2 N–H and O–H groups in total. The van der Waals surface area contributed by atoms with Crippen LogP contribution in [0.3, 0.4) is 0 Å². The Labute approximate surface area is 107 Å². The minimum absolute atomic E-state index is 0.418. The van der Waals surface area contributed by atoms with E-state index in [0.717, 1.165) is 21.2 Å². The minimum Gasteiger partial charge on any atom is -0.481 e. The number of aromatic amines is 1. The molecule has 17 heavy (non-hydrogen) atoms. The van der Waals surface area contributed by atoms with Gasteiger partial charge >= 0.3 is 5.97 Å². The lowest BCUT2D eigenvalue weighted by molar-refractivity contribution is -0.146. The highest BCUT2D eigenvalue weighted by Crippen LogP contribution is 2.24. The Kier molecular flexibility index (Phi) is 2.95. The van der Waals surface area contributed by atoms with Crippen LogP contribution in [-0.4, -0.2) is 21.0 Å². The second kappa shape index (κ2) is 4.14. The van der Waals surface area contributed by atoms with E-state index in [4.69, 9.17) is 5.11 Å². The van der Waals surface area contributed by atoms with Gasteiger partial charge in [-0.1, -0.05) is 0 Å². The third-order valence-electron chi connectivity index (χ3n) is 2.73. The summed E-state index contributed by atoms with van der Waals surface area (Å²) in [6.07, 6.45) is 2.15. The van der Waals surface area contributed by atoms with Gasteiger partial charge < -0.3 is 10.1 Å². The van der Waals surface area contributed by atoms with Crippen molar-refractivity contribution < 1.29 is 9.90 Å². The number of carboxylic acid groups (broad SMARTS) is 1. The first-order valence-corrected chi connectivity index (χ1v) is 6.04. The molecule has 0 radical (unpaired) electrons. The summed E-state index contributed by atoms with van der Waals surface area (Å²) in [4.78, 5) is 18.4. The summed E-state index contributed by atoms with van der Waals surface area (Å²) in [6, 6.07) is 3.87. The summed E-state index contributed by atoms with van der Waals surface area (Å²) in [5, 5.41) is 10.1. The van der Waals surface area contributed by atoms with Gasteiger partial charge in [-0.3, -0.25) is 9.78 Å². The van der Waals surface area contributed by atoms with Gasteiger partial charge in [-0.2, -0.15) is 0 Å². The van der Waals surface area contributed by atoms with Crippen LogP contribution < -0.4 is 0 Å². The SMILES string of the molecule is CC(C)(Cc1cc2cc(Br)[nH]c2cn1)C(=O)O. The van der Waals surface area contributed by atoms with Crippen molar-refractivity contribution in [2.24, 2.45) is 5.41 Å². The molecular weight excluding hydrogens is 284 g/mol. The second-order valence-electron chi connectivity index (χ2n) is 4.75. The highest BCUT2D eigenvalue weighted by atomic mass is 79.9. The van der Waals surface area contributed by atoms with Crippen molar-refractivity contribution in [3.05, 3.63) is 28.6 Å². The van der Waals surface area contributed by atoms with Crippen LogP contribution in [-0.2, 0) is 11.2 Å². The molecule has 2 heterocycles. The van der Waals surface area contributed by atoms with E-state index in [9.17, 15) is 4.79 Å². The summed E-state index contributed by atoms with van der Waals surface area (Å²) in [5.74, 6) is -0.811. The highest BCUT2D eigenvalue weighted by molar-refractivity contribution is 9.10. The van der Waals surface area contributed by atoms with Gasteiger partial charge in [0.2, 0.25) is 0 Å². The molecule has 0 saturated heterocycles. The molecule has 0 aromatic carbocycles. The Morgan fingerprint density at radius 2 is 2.24 bits per heavy atom. The molecule has 0 amide bonds. The van der Waals surface area contributed by atoms with Crippen molar-refractivity contribution >= 4 is 32.8 Å². The molecule has 2 aromatic heterocycles. The zero-order valence-corrected chi connectivity index (χ0v) is 11.2. The quantitative estimate of drug-likeness (QED) is 0.915. The van der Waals surface area contributed by atoms with E-state index in [0.29, 0.717) is 6.42 Å². The first-order chi connectivity index (χ1) is 7.88. The van der Waals surface area contributed by atoms with Crippen molar-refractivity contribution in [3.63, 3.8) is 0 Å². The number of H-pyrrole nitrogens is 1. The van der Waals surface area contributed by atoms with Crippen LogP contribution in [0.15, 0.2) is 22.9 Å². The lowest BCUT2D eigenvalue weighted by atomic mass is 9.88. The average molecular weight is 297 g/mol. The molecule has 4 nitrogen and oxygen atoms in total. The van der Waals surface area contributed by atoms with Crippen LogP contribution in [0.5, 0.6) is 0 Å². The lowest BCUT2D eigenvalue weighted by Crippen LogP contribution is -2.26. The smallest absolute Gasteiger partial charge is 0.309 e. The molecule has 0 bridgehead atoms. The maximum absolute atomic E-state index is 11.1. The van der Waals surface area contributed by atoms with E-state index < -0.39 is 11.4 Å². The number of halogens is 1. The topological polar surface area (TPSA) is 66.0 Å². The fourth-order valence-electron chi connectivity index (χ4n) is 1.67. The number of hydrogen-bond acceptors (Lipinski definition) is 2. The fourth-order valence-corrected chi connectivity index (χ4v) is 2.13. The predicted molar refractivity (Wildman–Crippen MR) is 68.9 cm³/mol. The van der Waals surface area contributed by atoms with Gasteiger partial charge in [-0.05, 0) is 41.9 Å². The van der Waals surface area contributed by atoms with Crippen LogP contribution >= 0.6 is 15.9 Å². The van der Waals surface area contributed by atoms with E-state index in [1.165, 1.54) is 0 Å². The van der Waals surface area contributed by atoms with Crippen LogP contribution in [0.1, 0.15) is 19.5 Å². The highest BCUT2D eigenvalue weighted by Gasteiger charge is 2.28. The molecule has 90 valence electrons. The minimum atomic E-state index is -0.811. The van der Waals surface area contributed by atoms with Gasteiger partial charge in [0.05, 0.1) is 21.7 Å². The van der Waals surface area contributed by atoms with Gasteiger partial charge in [-0.15, -0.1) is 0 Å². The van der Waals surface area contributed by atoms with Crippen LogP contribution in [0.2, 0.25) is 0 Å². The number of aromatic nitrogens is 2. The van der Waals surface area contributed by atoms with Gasteiger partial charge in [0.25, 0.3) is 0 Å². The monoisotopic (exact) mass is 296 g/mol. The predicted octanol–water partition coefficient (Wildman–Crippen LogP) is 2.98. The van der Waals surface area contributed by atoms with E-state index in [1.807, 2.05) is 12.1 Å². The Balaban J connectivity index is 2.34. The summed E-state index contributed by atoms with van der Waals surface area (Å²) in [5.41, 5.74) is 0.930. The number of nitrogens with zero attached hydrogens (tertiary/aromatic N) is 1. The molecule has 0 spiro atoms. The number of nitrogens with one attached hydrogen (secondary N) is 1. The van der Waals surface area contributed by atoms with Crippen molar-refractivity contribution in [3.8, 4) is 0 Å². The van der Waals surface area contributed by atoms with Crippen molar-refractivity contribution in [2.75, 3.05) is 0 Å². The molecule has 0 aliphatic rings. The first kappa shape index (κ1) is 12.1. The largest absolute Gasteiger partial charge is 0.481 e. The zero-order valence-electron chi connectivity index (χ0n) is 9.62. The normalized spacial score (nSPS) is 11.9. The number of hydrogen-bond donors (Lipinski definition) is 2. The molecule has 2 rings (SSSR count). The average Bonchev–Trinajstić information content (AvgIpc) is 2.56. The van der Waals surface area contributed by atoms with Crippen LogP contribution in [0, 0.1) is 5.41 Å². The zero-order chi connectivity index (χ0) is 12.6. The molecule has 0 aliphatic heterocycles. The van der Waals surface area contributed by atoms with Crippen molar-refractivity contribution in [1.29, 1.82) is 0 Å². The summed E-state index contributed by atoms with van der Waals surface area (Å²) >= 11 is 3.36. The molecule has 0 atom stereocenters. The molecule has 0 fully saturated rings. The number of rotatable bonds is 3. The summed E-state index contributed by atoms with van der Waals surface area (Å²) in [6.45, 7) is 3.41. The van der Waals surface area contributed by atoms with E-state index in [-0.39, 0.29) is 0 Å². The Morgan fingerprint density at radius 1 is 1.53 bits per heavy atom. The summed E-state index contributed by atoms with van der Waals surface area (Å²) < 4.78 is 0.893. The van der Waals surface area contributed by atoms with Crippen molar-refractivity contribution in [2.45, 2.75) is 20.3 Å². The number of carbonyl (C=O) groups is 1. The maximum Gasteiger partial charge on any atom is 0.309 e. The maximum atomic E-state index is 11.1. The van der Waals surface area contributed by atoms with E-state index in [2.05, 4.69) is 25.9 Å². The van der Waals surface area contributed by atoms with E-state index in [1.54, 1.807) is 20.0 Å². The molecule has 2 aromatic rings. The molecule has 0 aliphatic carbocycles. The van der Waals surface area contributed by atoms with Crippen LogP contribution in [0.25, 0.3) is 10.9 Å². The lowest BCUT2D eigenvalue weighted by Gasteiger charge is -2.18.